The first-order chi connectivity index (χ1) is 7.58. The predicted molar refractivity (Wildman–Crippen MR) is 70.0 cm³/mol. The lowest BCUT2D eigenvalue weighted by Crippen LogP contribution is -2.26. The van der Waals surface area contributed by atoms with Gasteiger partial charge in [-0.25, -0.2) is 0 Å². The summed E-state index contributed by atoms with van der Waals surface area (Å²) < 4.78 is 0. The molecule has 1 rings (SSSR count). The van der Waals surface area contributed by atoms with Crippen LogP contribution in [0.15, 0.2) is 30.6 Å². The second kappa shape index (κ2) is 5.59. The number of nitrogens with two attached hydrogens (primary N) is 1. The molecule has 0 spiro atoms. The number of hydrogen-bond acceptors (Lipinski definition) is 2. The maximum Gasteiger partial charge on any atom is 0.0915 e. The van der Waals surface area contributed by atoms with Crippen molar-refractivity contribution in [3.8, 4) is 0 Å². The molecule has 0 aliphatic carbocycles. The topological polar surface area (TPSA) is 29.3 Å². The standard InChI is InChI=1S/C14H22N2/c1-5-14-8-7-13(9-11(14)3)10-16(6-2)12(4)15/h7-9H,4-6,10,15H2,1-3H3. The fraction of sp³-hybridized carbons (Fsp3) is 0.429. The predicted octanol–water partition coefficient (Wildman–Crippen LogP) is 2.81. The van der Waals surface area contributed by atoms with Gasteiger partial charge in [0.2, 0.25) is 0 Å². The minimum atomic E-state index is 0.639. The van der Waals surface area contributed by atoms with Crippen LogP contribution >= 0.6 is 0 Å². The molecule has 0 fully saturated rings. The Kier molecular flexibility index (Phi) is 4.41. The number of hydrogen-bond donors (Lipinski definition) is 1. The van der Waals surface area contributed by atoms with Crippen LogP contribution in [0.25, 0.3) is 0 Å². The molecule has 0 atom stereocenters. The first-order valence-corrected chi connectivity index (χ1v) is 5.86. The quantitative estimate of drug-likeness (QED) is 0.823. The van der Waals surface area contributed by atoms with Crippen molar-refractivity contribution in [1.82, 2.24) is 4.90 Å². The summed E-state index contributed by atoms with van der Waals surface area (Å²) in [6.07, 6.45) is 1.09. The molecule has 1 aromatic rings. The van der Waals surface area contributed by atoms with Crippen LogP contribution in [0.4, 0.5) is 0 Å². The molecular weight excluding hydrogens is 196 g/mol. The maximum atomic E-state index is 5.72. The van der Waals surface area contributed by atoms with E-state index in [1.54, 1.807) is 0 Å². The van der Waals surface area contributed by atoms with E-state index in [0.29, 0.717) is 5.82 Å². The zero-order valence-electron chi connectivity index (χ0n) is 10.6. The monoisotopic (exact) mass is 218 g/mol. The summed E-state index contributed by atoms with van der Waals surface area (Å²) in [6.45, 7) is 12.0. The smallest absolute Gasteiger partial charge is 0.0915 e. The van der Waals surface area contributed by atoms with Crippen LogP contribution in [0, 0.1) is 6.92 Å². The molecular formula is C14H22N2. The van der Waals surface area contributed by atoms with Crippen molar-refractivity contribution in [3.63, 3.8) is 0 Å². The van der Waals surface area contributed by atoms with Crippen molar-refractivity contribution in [1.29, 1.82) is 0 Å². The van der Waals surface area contributed by atoms with Crippen LogP contribution in [0.3, 0.4) is 0 Å². The van der Waals surface area contributed by atoms with Crippen molar-refractivity contribution in [2.24, 2.45) is 5.73 Å². The summed E-state index contributed by atoms with van der Waals surface area (Å²) in [6, 6.07) is 6.62. The van der Waals surface area contributed by atoms with Crippen molar-refractivity contribution < 1.29 is 0 Å². The first kappa shape index (κ1) is 12.6. The van der Waals surface area contributed by atoms with Crippen molar-refractivity contribution >= 4 is 0 Å². The van der Waals surface area contributed by atoms with Crippen LogP contribution in [0.1, 0.15) is 30.5 Å². The number of nitrogens with zero attached hydrogens (tertiary/aromatic N) is 1. The van der Waals surface area contributed by atoms with Gasteiger partial charge in [-0.1, -0.05) is 31.7 Å². The Balaban J connectivity index is 2.81. The summed E-state index contributed by atoms with van der Waals surface area (Å²) in [7, 11) is 0. The van der Waals surface area contributed by atoms with Crippen molar-refractivity contribution in [2.75, 3.05) is 6.54 Å². The van der Waals surface area contributed by atoms with Gasteiger partial charge in [0.1, 0.15) is 0 Å². The Hall–Kier alpha value is -1.44. The molecule has 0 unspecified atom stereocenters. The molecule has 0 saturated heterocycles. The van der Waals surface area contributed by atoms with E-state index < -0.39 is 0 Å². The lowest BCUT2D eigenvalue weighted by molar-refractivity contribution is 0.353. The van der Waals surface area contributed by atoms with Gasteiger partial charge in [0, 0.05) is 13.1 Å². The molecule has 0 amide bonds. The first-order valence-electron chi connectivity index (χ1n) is 5.86. The summed E-state index contributed by atoms with van der Waals surface area (Å²) in [5.74, 6) is 0.639. The SMILES string of the molecule is C=C(N)N(CC)Cc1ccc(CC)c(C)c1. The largest absolute Gasteiger partial charge is 0.386 e. The van der Waals surface area contributed by atoms with Gasteiger partial charge in [0.15, 0.2) is 0 Å². The van der Waals surface area contributed by atoms with Gasteiger partial charge in [-0.3, -0.25) is 0 Å². The van der Waals surface area contributed by atoms with E-state index in [2.05, 4.69) is 50.4 Å². The molecule has 2 nitrogen and oxygen atoms in total. The van der Waals surface area contributed by atoms with E-state index >= 15 is 0 Å². The van der Waals surface area contributed by atoms with Gasteiger partial charge in [0.05, 0.1) is 5.82 Å². The van der Waals surface area contributed by atoms with E-state index in [9.17, 15) is 0 Å². The van der Waals surface area contributed by atoms with E-state index in [1.165, 1.54) is 16.7 Å². The normalized spacial score (nSPS) is 10.2. The average molecular weight is 218 g/mol. The van der Waals surface area contributed by atoms with Crippen LogP contribution < -0.4 is 5.73 Å². The number of rotatable bonds is 5. The Labute approximate surface area is 98.8 Å². The molecule has 2 N–H and O–H groups in total. The highest BCUT2D eigenvalue weighted by atomic mass is 15.2. The van der Waals surface area contributed by atoms with Gasteiger partial charge in [-0.2, -0.15) is 0 Å². The zero-order chi connectivity index (χ0) is 12.1. The molecule has 0 aliphatic rings. The van der Waals surface area contributed by atoms with Crippen LogP contribution in [-0.4, -0.2) is 11.4 Å². The Morgan fingerprint density at radius 3 is 2.50 bits per heavy atom. The molecule has 88 valence electrons. The van der Waals surface area contributed by atoms with Crippen LogP contribution in [-0.2, 0) is 13.0 Å². The molecule has 2 heteroatoms. The highest BCUT2D eigenvalue weighted by Gasteiger charge is 2.04. The van der Waals surface area contributed by atoms with Gasteiger partial charge in [0.25, 0.3) is 0 Å². The van der Waals surface area contributed by atoms with E-state index in [0.717, 1.165) is 19.5 Å². The minimum Gasteiger partial charge on any atom is -0.386 e. The number of benzene rings is 1. The molecule has 0 radical (unpaired) electrons. The average Bonchev–Trinajstić information content (AvgIpc) is 2.25. The molecule has 0 bridgehead atoms. The highest BCUT2D eigenvalue weighted by molar-refractivity contribution is 5.31. The fourth-order valence-corrected chi connectivity index (χ4v) is 1.89. The lowest BCUT2D eigenvalue weighted by Gasteiger charge is -2.22. The summed E-state index contributed by atoms with van der Waals surface area (Å²) in [5, 5.41) is 0. The van der Waals surface area contributed by atoms with Gasteiger partial charge in [-0.05, 0) is 37.0 Å². The molecule has 0 aliphatic heterocycles. The minimum absolute atomic E-state index is 0.639. The van der Waals surface area contributed by atoms with E-state index in [4.69, 9.17) is 5.73 Å². The van der Waals surface area contributed by atoms with Crippen molar-refractivity contribution in [3.05, 3.63) is 47.3 Å². The second-order valence-corrected chi connectivity index (χ2v) is 4.12. The Morgan fingerprint density at radius 2 is 2.06 bits per heavy atom. The number of aryl methyl sites for hydroxylation is 2. The third kappa shape index (κ3) is 3.02. The molecule has 16 heavy (non-hydrogen) atoms. The zero-order valence-corrected chi connectivity index (χ0v) is 10.6. The van der Waals surface area contributed by atoms with Gasteiger partial charge < -0.3 is 10.6 Å². The molecule has 0 aromatic heterocycles. The Morgan fingerprint density at radius 1 is 1.38 bits per heavy atom. The molecule has 0 heterocycles. The third-order valence-electron chi connectivity index (χ3n) is 2.95. The van der Waals surface area contributed by atoms with Crippen molar-refractivity contribution in [2.45, 2.75) is 33.7 Å². The summed E-state index contributed by atoms with van der Waals surface area (Å²) >= 11 is 0. The van der Waals surface area contributed by atoms with Gasteiger partial charge >= 0.3 is 0 Å². The lowest BCUT2D eigenvalue weighted by atomic mass is 10.0. The summed E-state index contributed by atoms with van der Waals surface area (Å²) in [5.41, 5.74) is 9.79. The Bertz CT molecular complexity index is 369. The molecule has 1 aromatic carbocycles. The maximum absolute atomic E-state index is 5.72. The van der Waals surface area contributed by atoms with Crippen LogP contribution in [0.5, 0.6) is 0 Å². The fourth-order valence-electron chi connectivity index (χ4n) is 1.89. The van der Waals surface area contributed by atoms with E-state index in [1.807, 2.05) is 0 Å². The second-order valence-electron chi connectivity index (χ2n) is 4.12. The summed E-state index contributed by atoms with van der Waals surface area (Å²) in [4.78, 5) is 2.07. The third-order valence-corrected chi connectivity index (χ3v) is 2.95. The molecule has 0 saturated carbocycles. The van der Waals surface area contributed by atoms with Crippen LogP contribution in [0.2, 0.25) is 0 Å². The highest BCUT2D eigenvalue weighted by Crippen LogP contribution is 2.14. The van der Waals surface area contributed by atoms with Gasteiger partial charge in [-0.15, -0.1) is 0 Å². The van der Waals surface area contributed by atoms with E-state index in [-0.39, 0.29) is 0 Å².